The molecule has 1 aliphatic heterocycles. The molecule has 32 heavy (non-hydrogen) atoms. The second-order valence-corrected chi connectivity index (χ2v) is 8.15. The molecular weight excluding hydrogens is 411 g/mol. The van der Waals surface area contributed by atoms with E-state index < -0.39 is 11.4 Å². The molecule has 5 rings (SSSR count). The van der Waals surface area contributed by atoms with Crippen LogP contribution in [0.25, 0.3) is 16.7 Å². The van der Waals surface area contributed by atoms with Crippen LogP contribution in [0.5, 0.6) is 5.75 Å². The molecule has 162 valence electrons. The van der Waals surface area contributed by atoms with Crippen molar-refractivity contribution in [2.75, 3.05) is 18.1 Å². The van der Waals surface area contributed by atoms with E-state index in [0.717, 1.165) is 5.69 Å². The minimum atomic E-state index is -1.14. The third-order valence-corrected chi connectivity index (χ3v) is 5.17. The van der Waals surface area contributed by atoms with E-state index in [1.807, 2.05) is 23.1 Å². The van der Waals surface area contributed by atoms with Gasteiger partial charge in [0.15, 0.2) is 11.6 Å². The van der Waals surface area contributed by atoms with E-state index >= 15 is 4.39 Å². The van der Waals surface area contributed by atoms with Gasteiger partial charge in [-0.25, -0.2) is 4.39 Å². The van der Waals surface area contributed by atoms with Gasteiger partial charge in [-0.1, -0.05) is 17.9 Å². The predicted octanol–water partition coefficient (Wildman–Crippen LogP) is 3.16. The number of aromatic nitrogens is 5. The van der Waals surface area contributed by atoms with E-state index in [2.05, 4.69) is 32.0 Å². The summed E-state index contributed by atoms with van der Waals surface area (Å²) >= 11 is 0. The molecule has 8 nitrogen and oxygen atoms in total. The van der Waals surface area contributed by atoms with Crippen molar-refractivity contribution in [3.05, 3.63) is 47.8 Å². The lowest BCUT2D eigenvalue weighted by atomic mass is 10.1. The van der Waals surface area contributed by atoms with Gasteiger partial charge >= 0.3 is 0 Å². The number of benzene rings is 1. The van der Waals surface area contributed by atoms with E-state index in [0.29, 0.717) is 59.2 Å². The molecule has 0 aliphatic carbocycles. The number of ether oxygens (including phenoxy) is 1. The van der Waals surface area contributed by atoms with E-state index in [-0.39, 0.29) is 0 Å². The summed E-state index contributed by atoms with van der Waals surface area (Å²) in [5, 5.41) is 18.6. The number of nitrogens with zero attached hydrogens (tertiary/aromatic N) is 6. The van der Waals surface area contributed by atoms with E-state index in [1.165, 1.54) is 6.20 Å². The summed E-state index contributed by atoms with van der Waals surface area (Å²) in [5.41, 5.74) is 0.757. The van der Waals surface area contributed by atoms with Crippen LogP contribution in [-0.2, 0) is 0 Å². The van der Waals surface area contributed by atoms with Crippen molar-refractivity contribution in [2.24, 2.45) is 0 Å². The Kier molecular flexibility index (Phi) is 4.68. The van der Waals surface area contributed by atoms with E-state index in [4.69, 9.17) is 4.74 Å². The van der Waals surface area contributed by atoms with Gasteiger partial charge in [-0.2, -0.15) is 4.98 Å². The minimum Gasteiger partial charge on any atom is -0.490 e. The van der Waals surface area contributed by atoms with Gasteiger partial charge in [0.1, 0.15) is 17.2 Å². The van der Waals surface area contributed by atoms with Gasteiger partial charge < -0.3 is 14.7 Å². The van der Waals surface area contributed by atoms with Crippen LogP contribution in [0.2, 0.25) is 0 Å². The maximum atomic E-state index is 15.1. The summed E-state index contributed by atoms with van der Waals surface area (Å²) in [4.78, 5) is 10.6. The van der Waals surface area contributed by atoms with Crippen molar-refractivity contribution in [2.45, 2.75) is 32.8 Å². The van der Waals surface area contributed by atoms with Crippen molar-refractivity contribution in [1.82, 2.24) is 24.6 Å². The molecule has 0 unspecified atom stereocenters. The van der Waals surface area contributed by atoms with Crippen molar-refractivity contribution in [3.63, 3.8) is 0 Å². The number of aryl methyl sites for hydroxylation is 1. The smallest absolute Gasteiger partial charge is 0.257 e. The molecule has 1 N–H and O–H groups in total. The van der Waals surface area contributed by atoms with Crippen molar-refractivity contribution in [1.29, 1.82) is 0 Å². The van der Waals surface area contributed by atoms with Gasteiger partial charge in [0.05, 0.1) is 41.2 Å². The molecule has 0 radical (unpaired) electrons. The van der Waals surface area contributed by atoms with Gasteiger partial charge in [0.25, 0.3) is 5.78 Å². The lowest BCUT2D eigenvalue weighted by Gasteiger charge is -2.25. The van der Waals surface area contributed by atoms with Crippen LogP contribution in [0.1, 0.15) is 31.7 Å². The first kappa shape index (κ1) is 20.2. The number of hydrogen-bond acceptors (Lipinski definition) is 7. The molecule has 4 aromatic rings. The molecular formula is C23H21FN6O2. The molecule has 3 aromatic heterocycles. The number of rotatable bonds is 1. The maximum Gasteiger partial charge on any atom is 0.257 e. The number of hydrogen-bond donors (Lipinski definition) is 1. The number of anilines is 2. The highest BCUT2D eigenvalue weighted by Gasteiger charge is 2.26. The Morgan fingerprint density at radius 1 is 1.22 bits per heavy atom. The number of pyridine rings is 1. The van der Waals surface area contributed by atoms with E-state index in [9.17, 15) is 5.11 Å². The number of para-hydroxylation sites is 1. The molecule has 0 saturated heterocycles. The molecule has 1 aliphatic rings. The average molecular weight is 432 g/mol. The largest absolute Gasteiger partial charge is 0.490 e. The Labute approximate surface area is 183 Å². The average Bonchev–Trinajstić information content (AvgIpc) is 2.99. The summed E-state index contributed by atoms with van der Waals surface area (Å²) in [6.45, 7) is 6.06. The second-order valence-electron chi connectivity index (χ2n) is 8.15. The fourth-order valence-electron chi connectivity index (χ4n) is 3.81. The Morgan fingerprint density at radius 2 is 2.06 bits per heavy atom. The van der Waals surface area contributed by atoms with Crippen LogP contribution in [0, 0.1) is 24.6 Å². The fourth-order valence-corrected chi connectivity index (χ4v) is 3.81. The second kappa shape index (κ2) is 7.43. The van der Waals surface area contributed by atoms with Crippen LogP contribution < -0.4 is 9.64 Å². The van der Waals surface area contributed by atoms with Crippen molar-refractivity contribution in [3.8, 4) is 17.6 Å². The quantitative estimate of drug-likeness (QED) is 0.462. The van der Waals surface area contributed by atoms with Crippen LogP contribution in [-0.4, -0.2) is 48.4 Å². The highest BCUT2D eigenvalue weighted by Crippen LogP contribution is 2.40. The Balaban J connectivity index is 1.77. The summed E-state index contributed by atoms with van der Waals surface area (Å²) in [5.74, 6) is 7.31. The topological polar surface area (TPSA) is 88.7 Å². The van der Waals surface area contributed by atoms with Crippen LogP contribution in [0.4, 0.5) is 15.9 Å². The lowest BCUT2D eigenvalue weighted by Crippen LogP contribution is -2.20. The summed E-state index contributed by atoms with van der Waals surface area (Å²) in [6.07, 6.45) is 3.47. The van der Waals surface area contributed by atoms with Crippen LogP contribution in [0.15, 0.2) is 30.6 Å². The SMILES string of the molecule is Cc1nnc2nc(N3CCCOc4c(C#CC(C)(C)O)cccc43)c3c(F)cncc3n12. The fraction of sp³-hybridized carbons (Fsp3) is 0.304. The summed E-state index contributed by atoms with van der Waals surface area (Å²) < 4.78 is 22.8. The zero-order valence-corrected chi connectivity index (χ0v) is 17.9. The molecule has 4 heterocycles. The first-order valence-electron chi connectivity index (χ1n) is 10.3. The monoisotopic (exact) mass is 432 g/mol. The van der Waals surface area contributed by atoms with Gasteiger partial charge in [-0.15, -0.1) is 10.2 Å². The molecule has 0 atom stereocenters. The minimum absolute atomic E-state index is 0.330. The third-order valence-electron chi connectivity index (χ3n) is 5.17. The van der Waals surface area contributed by atoms with Gasteiger partial charge in [0.2, 0.25) is 0 Å². The lowest BCUT2D eigenvalue weighted by molar-refractivity contribution is 0.143. The van der Waals surface area contributed by atoms with Crippen molar-refractivity contribution < 1.29 is 14.2 Å². The van der Waals surface area contributed by atoms with Crippen LogP contribution >= 0.6 is 0 Å². The molecule has 0 bridgehead atoms. The van der Waals surface area contributed by atoms with Crippen LogP contribution in [0.3, 0.4) is 0 Å². The first-order valence-corrected chi connectivity index (χ1v) is 10.3. The molecule has 1 aromatic carbocycles. The van der Waals surface area contributed by atoms with Gasteiger partial charge in [0, 0.05) is 6.54 Å². The van der Waals surface area contributed by atoms with Crippen molar-refractivity contribution >= 4 is 28.2 Å². The van der Waals surface area contributed by atoms with Gasteiger partial charge in [-0.3, -0.25) is 9.38 Å². The zero-order chi connectivity index (χ0) is 22.5. The predicted molar refractivity (Wildman–Crippen MR) is 118 cm³/mol. The molecule has 0 spiro atoms. The first-order chi connectivity index (χ1) is 15.3. The maximum absolute atomic E-state index is 15.1. The molecule has 0 amide bonds. The number of aliphatic hydroxyl groups is 1. The number of halogens is 1. The highest BCUT2D eigenvalue weighted by molar-refractivity contribution is 5.94. The standard InChI is InChI=1S/C23H21FN6O2/c1-14-27-28-22-26-21(19-16(24)12-25-13-18(19)30(14)22)29-10-5-11-32-20-15(6-4-7-17(20)29)8-9-23(2,3)31/h4,6-7,12-13,31H,5,10-11H2,1-3H3. The molecule has 0 saturated carbocycles. The Bertz CT molecular complexity index is 1410. The Morgan fingerprint density at radius 3 is 2.88 bits per heavy atom. The highest BCUT2D eigenvalue weighted by atomic mass is 19.1. The summed E-state index contributed by atoms with van der Waals surface area (Å²) in [7, 11) is 0. The summed E-state index contributed by atoms with van der Waals surface area (Å²) in [6, 6.07) is 5.58. The molecule has 0 fully saturated rings. The number of fused-ring (bicyclic) bond motifs is 4. The normalized spacial score (nSPS) is 14.0. The third kappa shape index (κ3) is 3.39. The van der Waals surface area contributed by atoms with E-state index in [1.54, 1.807) is 31.4 Å². The zero-order valence-electron chi connectivity index (χ0n) is 17.9. The Hall–Kier alpha value is -3.77. The molecule has 9 heteroatoms. The van der Waals surface area contributed by atoms with Gasteiger partial charge in [-0.05, 0) is 39.3 Å².